The molecule has 0 saturated carbocycles. The summed E-state index contributed by atoms with van der Waals surface area (Å²) < 4.78 is 10.6. The van der Waals surface area contributed by atoms with Crippen LogP contribution in [-0.4, -0.2) is 13.1 Å². The zero-order valence-electron chi connectivity index (χ0n) is 12.5. The molecule has 0 saturated heterocycles. The summed E-state index contributed by atoms with van der Waals surface area (Å²) in [5.41, 5.74) is 9.66. The molecular weight excluding hydrogens is 266 g/mol. The fourth-order valence-corrected chi connectivity index (χ4v) is 2.22. The Balaban J connectivity index is 2.20. The number of esters is 1. The maximum atomic E-state index is 12.3. The Morgan fingerprint density at radius 2 is 1.71 bits per heavy atom. The summed E-state index contributed by atoms with van der Waals surface area (Å²) in [5.74, 6) is -0.0610. The van der Waals surface area contributed by atoms with Gasteiger partial charge in [0.05, 0.1) is 7.11 Å². The molecule has 0 aliphatic heterocycles. The number of anilines is 1. The third-order valence-corrected chi connectivity index (χ3v) is 3.47. The molecule has 4 heteroatoms. The molecule has 0 amide bonds. The lowest BCUT2D eigenvalue weighted by molar-refractivity contribution is 0.0469. The Labute approximate surface area is 124 Å². The van der Waals surface area contributed by atoms with Crippen LogP contribution in [0.25, 0.3) is 0 Å². The summed E-state index contributed by atoms with van der Waals surface area (Å²) in [4.78, 5) is 12.3. The van der Waals surface area contributed by atoms with Crippen LogP contribution in [0.3, 0.4) is 0 Å². The number of hydrogen-bond donors (Lipinski definition) is 1. The maximum Gasteiger partial charge on any atom is 0.344 e. The van der Waals surface area contributed by atoms with Crippen molar-refractivity contribution in [3.8, 4) is 5.75 Å². The van der Waals surface area contributed by atoms with Gasteiger partial charge in [-0.1, -0.05) is 24.3 Å². The molecule has 110 valence electrons. The first kappa shape index (κ1) is 14.9. The van der Waals surface area contributed by atoms with Gasteiger partial charge in [-0.3, -0.25) is 0 Å². The molecule has 0 radical (unpaired) electrons. The lowest BCUT2D eigenvalue weighted by Crippen LogP contribution is -2.11. The van der Waals surface area contributed by atoms with Crippen molar-refractivity contribution in [2.24, 2.45) is 0 Å². The Kier molecular flexibility index (Phi) is 4.48. The van der Waals surface area contributed by atoms with Crippen LogP contribution in [-0.2, 0) is 11.3 Å². The van der Waals surface area contributed by atoms with Crippen LogP contribution in [0.5, 0.6) is 5.75 Å². The molecule has 2 rings (SSSR count). The molecule has 0 spiro atoms. The van der Waals surface area contributed by atoms with Crippen molar-refractivity contribution in [3.63, 3.8) is 0 Å². The molecule has 21 heavy (non-hydrogen) atoms. The van der Waals surface area contributed by atoms with Gasteiger partial charge in [0, 0.05) is 5.69 Å². The molecular formula is C17H19NO3. The monoisotopic (exact) mass is 285 g/mol. The quantitative estimate of drug-likeness (QED) is 0.692. The smallest absolute Gasteiger partial charge is 0.344 e. The highest BCUT2D eigenvalue weighted by Crippen LogP contribution is 2.25. The Morgan fingerprint density at radius 3 is 2.33 bits per heavy atom. The van der Waals surface area contributed by atoms with E-state index in [2.05, 4.69) is 0 Å². The highest BCUT2D eigenvalue weighted by Gasteiger charge is 2.17. The van der Waals surface area contributed by atoms with Crippen molar-refractivity contribution in [3.05, 3.63) is 58.7 Å². The van der Waals surface area contributed by atoms with Gasteiger partial charge < -0.3 is 15.2 Å². The minimum atomic E-state index is -0.479. The number of benzene rings is 2. The van der Waals surface area contributed by atoms with E-state index in [-0.39, 0.29) is 12.2 Å². The summed E-state index contributed by atoms with van der Waals surface area (Å²) in [5, 5.41) is 0. The summed E-state index contributed by atoms with van der Waals surface area (Å²) in [6.07, 6.45) is 0. The average molecular weight is 285 g/mol. The standard InChI is InChI=1S/C17H19NO3/c1-11-6-4-7-12(2)13(11)10-21-17(19)16-14(18)8-5-9-15(16)20-3/h4-9H,10,18H2,1-3H3. The summed E-state index contributed by atoms with van der Waals surface area (Å²) in [6, 6.07) is 11.0. The van der Waals surface area contributed by atoms with Crippen molar-refractivity contribution in [2.75, 3.05) is 12.8 Å². The highest BCUT2D eigenvalue weighted by molar-refractivity contribution is 5.98. The van der Waals surface area contributed by atoms with Crippen LogP contribution in [0.1, 0.15) is 27.0 Å². The number of nitrogens with two attached hydrogens (primary N) is 1. The number of hydrogen-bond acceptors (Lipinski definition) is 4. The molecule has 0 heterocycles. The van der Waals surface area contributed by atoms with Crippen LogP contribution in [0, 0.1) is 13.8 Å². The number of ether oxygens (including phenoxy) is 2. The van der Waals surface area contributed by atoms with Gasteiger partial charge in [0.2, 0.25) is 0 Å². The second-order valence-corrected chi connectivity index (χ2v) is 4.87. The van der Waals surface area contributed by atoms with E-state index in [0.29, 0.717) is 11.4 Å². The van der Waals surface area contributed by atoms with Crippen molar-refractivity contribution in [2.45, 2.75) is 20.5 Å². The van der Waals surface area contributed by atoms with E-state index in [0.717, 1.165) is 16.7 Å². The van der Waals surface area contributed by atoms with Crippen LogP contribution < -0.4 is 10.5 Å². The lowest BCUT2D eigenvalue weighted by atomic mass is 10.0. The molecule has 0 aliphatic carbocycles. The fraction of sp³-hybridized carbons (Fsp3) is 0.235. The summed E-state index contributed by atoms with van der Waals surface area (Å²) >= 11 is 0. The zero-order valence-corrected chi connectivity index (χ0v) is 12.5. The summed E-state index contributed by atoms with van der Waals surface area (Å²) in [6.45, 7) is 4.20. The van der Waals surface area contributed by atoms with Crippen molar-refractivity contribution in [1.82, 2.24) is 0 Å². The van der Waals surface area contributed by atoms with Crippen molar-refractivity contribution >= 4 is 11.7 Å². The second-order valence-electron chi connectivity index (χ2n) is 4.87. The number of aryl methyl sites for hydroxylation is 2. The van der Waals surface area contributed by atoms with Gasteiger partial charge in [-0.05, 0) is 42.7 Å². The molecule has 0 aromatic heterocycles. The predicted octanol–water partition coefficient (Wildman–Crippen LogP) is 3.25. The van der Waals surface area contributed by atoms with Gasteiger partial charge in [0.15, 0.2) is 0 Å². The second kappa shape index (κ2) is 6.31. The molecule has 0 aliphatic rings. The van der Waals surface area contributed by atoms with E-state index >= 15 is 0 Å². The first-order valence-electron chi connectivity index (χ1n) is 6.69. The highest BCUT2D eigenvalue weighted by atomic mass is 16.5. The van der Waals surface area contributed by atoms with Gasteiger partial charge in [-0.2, -0.15) is 0 Å². The van der Waals surface area contributed by atoms with Gasteiger partial charge >= 0.3 is 5.97 Å². The molecule has 0 atom stereocenters. The molecule has 2 aromatic carbocycles. The molecule has 4 nitrogen and oxygen atoms in total. The van der Waals surface area contributed by atoms with E-state index in [9.17, 15) is 4.79 Å². The number of carbonyl (C=O) groups is 1. The van der Waals surface area contributed by atoms with Crippen LogP contribution in [0.4, 0.5) is 5.69 Å². The van der Waals surface area contributed by atoms with E-state index in [4.69, 9.17) is 15.2 Å². The van der Waals surface area contributed by atoms with Crippen molar-refractivity contribution < 1.29 is 14.3 Å². The fourth-order valence-electron chi connectivity index (χ4n) is 2.22. The zero-order chi connectivity index (χ0) is 15.4. The first-order chi connectivity index (χ1) is 10.0. The van der Waals surface area contributed by atoms with Gasteiger partial charge in [-0.15, -0.1) is 0 Å². The van der Waals surface area contributed by atoms with Crippen LogP contribution in [0.15, 0.2) is 36.4 Å². The third kappa shape index (κ3) is 3.16. The molecule has 2 N–H and O–H groups in total. The van der Waals surface area contributed by atoms with Crippen LogP contribution >= 0.6 is 0 Å². The molecule has 0 unspecified atom stereocenters. The molecule has 0 bridgehead atoms. The summed E-state index contributed by atoms with van der Waals surface area (Å²) in [7, 11) is 1.50. The lowest BCUT2D eigenvalue weighted by Gasteiger charge is -2.13. The van der Waals surface area contributed by atoms with E-state index < -0.39 is 5.97 Å². The van der Waals surface area contributed by atoms with Crippen LogP contribution in [0.2, 0.25) is 0 Å². The molecule has 2 aromatic rings. The predicted molar refractivity (Wildman–Crippen MR) is 82.4 cm³/mol. The Morgan fingerprint density at radius 1 is 1.10 bits per heavy atom. The Hall–Kier alpha value is -2.49. The van der Waals surface area contributed by atoms with E-state index in [1.807, 2.05) is 32.0 Å². The van der Waals surface area contributed by atoms with Crippen molar-refractivity contribution in [1.29, 1.82) is 0 Å². The Bertz CT molecular complexity index is 645. The van der Waals surface area contributed by atoms with Gasteiger partial charge in [0.1, 0.15) is 17.9 Å². The van der Waals surface area contributed by atoms with Gasteiger partial charge in [0.25, 0.3) is 0 Å². The number of nitrogen functional groups attached to an aromatic ring is 1. The average Bonchev–Trinajstić information content (AvgIpc) is 2.46. The van der Waals surface area contributed by atoms with Gasteiger partial charge in [-0.25, -0.2) is 4.79 Å². The largest absolute Gasteiger partial charge is 0.496 e. The SMILES string of the molecule is COc1cccc(N)c1C(=O)OCc1c(C)cccc1C. The van der Waals surface area contributed by atoms with E-state index in [1.165, 1.54) is 7.11 Å². The molecule has 0 fully saturated rings. The first-order valence-corrected chi connectivity index (χ1v) is 6.69. The topological polar surface area (TPSA) is 61.5 Å². The number of methoxy groups -OCH3 is 1. The minimum Gasteiger partial charge on any atom is -0.496 e. The third-order valence-electron chi connectivity index (χ3n) is 3.47. The normalized spacial score (nSPS) is 10.2. The minimum absolute atomic E-state index is 0.217. The number of carbonyl (C=O) groups excluding carboxylic acids is 1. The number of rotatable bonds is 4. The maximum absolute atomic E-state index is 12.3. The van der Waals surface area contributed by atoms with E-state index in [1.54, 1.807) is 18.2 Å².